The third kappa shape index (κ3) is 7.58. The maximum atomic E-state index is 13.6. The molecule has 0 saturated carbocycles. The normalized spacial score (nSPS) is 18.3. The van der Waals surface area contributed by atoms with Gasteiger partial charge in [-0.15, -0.1) is 0 Å². The van der Waals surface area contributed by atoms with Crippen LogP contribution in [-0.4, -0.2) is 91.1 Å². The highest BCUT2D eigenvalue weighted by Crippen LogP contribution is 2.36. The number of hydrogen-bond acceptors (Lipinski definition) is 7. The number of carbonyl (C=O) groups is 4. The first-order valence-electron chi connectivity index (χ1n) is 19.0. The SMILES string of the molecule is COC(=O)N[C@H](C(=O)N1CCCC1c1nc2cc(-c3ccc4ccc(-c5c[nH]c([C@@H]6CCCN6C(=O)[C@@H](NC(=O)O)C(C)C)n5)cc4c3)ccc2[nH]1)C(C)C. The van der Waals surface area contributed by atoms with Crippen LogP contribution in [0.15, 0.2) is 60.8 Å². The maximum absolute atomic E-state index is 13.6. The zero-order valence-corrected chi connectivity index (χ0v) is 31.8. The first-order chi connectivity index (χ1) is 26.4. The van der Waals surface area contributed by atoms with E-state index in [1.807, 2.05) is 50.9 Å². The van der Waals surface area contributed by atoms with Gasteiger partial charge in [0.15, 0.2) is 0 Å². The molecule has 2 aliphatic rings. The third-order valence-corrected chi connectivity index (χ3v) is 10.9. The van der Waals surface area contributed by atoms with Crippen LogP contribution in [0.1, 0.15) is 77.1 Å². The van der Waals surface area contributed by atoms with Gasteiger partial charge in [0.2, 0.25) is 11.8 Å². The molecule has 3 aromatic carbocycles. The summed E-state index contributed by atoms with van der Waals surface area (Å²) < 4.78 is 4.77. The molecule has 0 bridgehead atoms. The molecule has 2 fully saturated rings. The number of carboxylic acid groups (broad SMARTS) is 1. The summed E-state index contributed by atoms with van der Waals surface area (Å²) in [5, 5.41) is 16.5. The standard InChI is InChI=1S/C41H48N8O6/c1-22(2)34(46-40(52)53)38(50)48-16-6-8-32(48)36-42-21-31(45-36)27-13-11-24-10-12-25(18-28(24)19-27)26-14-15-29-30(20-26)44-37(43-29)33-9-7-17-49(33)39(51)35(23(3)4)47-41(54)55-5/h10-15,18-23,32-35,46H,6-9,16-17H2,1-5H3,(H,42,45)(H,43,44)(H,47,54)(H,52,53)/t32-,33?,34-,35-/m0/s1. The van der Waals surface area contributed by atoms with Crippen molar-refractivity contribution in [1.29, 1.82) is 0 Å². The van der Waals surface area contributed by atoms with Crippen LogP contribution in [-0.2, 0) is 14.3 Å². The van der Waals surface area contributed by atoms with Gasteiger partial charge >= 0.3 is 12.2 Å². The van der Waals surface area contributed by atoms with Gasteiger partial charge in [-0.1, -0.05) is 58.0 Å². The number of aromatic nitrogens is 4. The van der Waals surface area contributed by atoms with E-state index >= 15 is 0 Å². The monoisotopic (exact) mass is 748 g/mol. The van der Waals surface area contributed by atoms with Crippen LogP contribution in [0.4, 0.5) is 9.59 Å². The van der Waals surface area contributed by atoms with Gasteiger partial charge in [-0.2, -0.15) is 0 Å². The number of methoxy groups -OCH3 is 1. The molecule has 7 rings (SSSR count). The van der Waals surface area contributed by atoms with Gasteiger partial charge in [0.1, 0.15) is 23.7 Å². The van der Waals surface area contributed by atoms with Gasteiger partial charge < -0.3 is 40.2 Å². The Balaban J connectivity index is 1.11. The molecule has 4 heterocycles. The van der Waals surface area contributed by atoms with Crippen LogP contribution < -0.4 is 10.6 Å². The van der Waals surface area contributed by atoms with E-state index in [0.717, 1.165) is 75.7 Å². The third-order valence-electron chi connectivity index (χ3n) is 10.9. The number of fused-ring (bicyclic) bond motifs is 2. The maximum Gasteiger partial charge on any atom is 0.407 e. The topological polar surface area (TPSA) is 186 Å². The van der Waals surface area contributed by atoms with E-state index in [1.54, 1.807) is 4.90 Å². The number of benzene rings is 3. The molecule has 0 aliphatic carbocycles. The number of imidazole rings is 2. The summed E-state index contributed by atoms with van der Waals surface area (Å²) in [5.41, 5.74) is 5.40. The number of H-pyrrole nitrogens is 2. The predicted octanol–water partition coefficient (Wildman–Crippen LogP) is 6.77. The summed E-state index contributed by atoms with van der Waals surface area (Å²) in [7, 11) is 1.29. The first-order valence-corrected chi connectivity index (χ1v) is 19.0. The highest BCUT2D eigenvalue weighted by atomic mass is 16.5. The van der Waals surface area contributed by atoms with Crippen LogP contribution in [0.3, 0.4) is 0 Å². The number of hydrogen-bond donors (Lipinski definition) is 5. The predicted molar refractivity (Wildman–Crippen MR) is 208 cm³/mol. The van der Waals surface area contributed by atoms with Crippen LogP contribution in [0.2, 0.25) is 0 Å². The summed E-state index contributed by atoms with van der Waals surface area (Å²) >= 11 is 0. The molecule has 0 radical (unpaired) electrons. The number of alkyl carbamates (subject to hydrolysis) is 1. The molecule has 2 aliphatic heterocycles. The van der Waals surface area contributed by atoms with Crippen molar-refractivity contribution in [2.75, 3.05) is 20.2 Å². The smallest absolute Gasteiger partial charge is 0.407 e. The molecule has 2 saturated heterocycles. The minimum atomic E-state index is -1.22. The van der Waals surface area contributed by atoms with Gasteiger partial charge in [0.05, 0.1) is 35.9 Å². The summed E-state index contributed by atoms with van der Waals surface area (Å²) in [6.07, 6.45) is 3.17. The Bertz CT molecular complexity index is 2240. The van der Waals surface area contributed by atoms with Gasteiger partial charge in [-0.05, 0) is 83.7 Å². The Kier molecular flexibility index (Phi) is 10.5. The molecule has 5 N–H and O–H groups in total. The Morgan fingerprint density at radius 2 is 1.35 bits per heavy atom. The number of rotatable bonds is 10. The highest BCUT2D eigenvalue weighted by Gasteiger charge is 2.39. The van der Waals surface area contributed by atoms with E-state index in [4.69, 9.17) is 14.7 Å². The van der Waals surface area contributed by atoms with E-state index in [2.05, 4.69) is 63.1 Å². The molecule has 4 amide bonds. The lowest BCUT2D eigenvalue weighted by Crippen LogP contribution is -2.51. The molecule has 5 aromatic rings. The second-order valence-corrected chi connectivity index (χ2v) is 15.2. The summed E-state index contributed by atoms with van der Waals surface area (Å²) in [6, 6.07) is 16.7. The van der Waals surface area contributed by atoms with Crippen molar-refractivity contribution in [1.82, 2.24) is 40.4 Å². The Hall–Kier alpha value is -5.92. The second kappa shape index (κ2) is 15.4. The fourth-order valence-electron chi connectivity index (χ4n) is 7.94. The van der Waals surface area contributed by atoms with Crippen molar-refractivity contribution in [2.24, 2.45) is 11.8 Å². The lowest BCUT2D eigenvalue weighted by molar-refractivity contribution is -0.136. The Morgan fingerprint density at radius 1 is 0.764 bits per heavy atom. The number of carbonyl (C=O) groups excluding carboxylic acids is 3. The van der Waals surface area contributed by atoms with Gasteiger partial charge in [0.25, 0.3) is 0 Å². The summed E-state index contributed by atoms with van der Waals surface area (Å²) in [5.74, 6) is 0.714. The number of likely N-dealkylation sites (tertiary alicyclic amines) is 2. The molecule has 288 valence electrons. The van der Waals surface area contributed by atoms with Crippen LogP contribution in [0.25, 0.3) is 44.2 Å². The molecular formula is C41H48N8O6. The molecule has 14 heteroatoms. The molecular weight excluding hydrogens is 701 g/mol. The lowest BCUT2D eigenvalue weighted by atomic mass is 9.99. The van der Waals surface area contributed by atoms with E-state index in [-0.39, 0.29) is 35.7 Å². The zero-order chi connectivity index (χ0) is 39.0. The van der Waals surface area contributed by atoms with Crippen molar-refractivity contribution in [3.05, 3.63) is 72.4 Å². The quantitative estimate of drug-likeness (QED) is 0.104. The van der Waals surface area contributed by atoms with E-state index in [1.165, 1.54) is 7.11 Å². The van der Waals surface area contributed by atoms with Crippen molar-refractivity contribution in [3.63, 3.8) is 0 Å². The van der Waals surface area contributed by atoms with Crippen LogP contribution in [0.5, 0.6) is 0 Å². The second-order valence-electron chi connectivity index (χ2n) is 15.2. The number of ether oxygens (including phenoxy) is 1. The summed E-state index contributed by atoms with van der Waals surface area (Å²) in [6.45, 7) is 8.59. The van der Waals surface area contributed by atoms with Gasteiger partial charge in [-0.25, -0.2) is 19.6 Å². The molecule has 55 heavy (non-hydrogen) atoms. The molecule has 2 aromatic heterocycles. The lowest BCUT2D eigenvalue weighted by Gasteiger charge is -2.29. The van der Waals surface area contributed by atoms with Crippen molar-refractivity contribution in [3.8, 4) is 22.4 Å². The number of nitrogens with one attached hydrogen (secondary N) is 4. The zero-order valence-electron chi connectivity index (χ0n) is 31.8. The van der Waals surface area contributed by atoms with Crippen molar-refractivity contribution < 1.29 is 29.0 Å². The van der Waals surface area contributed by atoms with E-state index in [9.17, 15) is 24.3 Å². The van der Waals surface area contributed by atoms with Crippen molar-refractivity contribution in [2.45, 2.75) is 77.5 Å². The molecule has 4 atom stereocenters. The van der Waals surface area contributed by atoms with Crippen molar-refractivity contribution >= 4 is 45.8 Å². The average molecular weight is 749 g/mol. The minimum Gasteiger partial charge on any atom is -0.465 e. The van der Waals surface area contributed by atoms with E-state index < -0.39 is 24.3 Å². The number of amides is 4. The largest absolute Gasteiger partial charge is 0.465 e. The molecule has 1 unspecified atom stereocenters. The van der Waals surface area contributed by atoms with Crippen LogP contribution >= 0.6 is 0 Å². The van der Waals surface area contributed by atoms with Gasteiger partial charge in [0, 0.05) is 24.8 Å². The fourth-order valence-corrected chi connectivity index (χ4v) is 7.94. The van der Waals surface area contributed by atoms with Crippen LogP contribution in [0, 0.1) is 11.8 Å². The molecule has 14 nitrogen and oxygen atoms in total. The minimum absolute atomic E-state index is 0.116. The highest BCUT2D eigenvalue weighted by molar-refractivity contribution is 5.92. The Morgan fingerprint density at radius 3 is 1.98 bits per heavy atom. The number of nitrogens with zero attached hydrogens (tertiary/aromatic N) is 4. The average Bonchev–Trinajstić information content (AvgIpc) is 4.00. The van der Waals surface area contributed by atoms with E-state index in [0.29, 0.717) is 18.9 Å². The fraction of sp³-hybridized carbons (Fsp3) is 0.415. The first kappa shape index (κ1) is 37.4. The number of aromatic amines is 2. The summed E-state index contributed by atoms with van der Waals surface area (Å²) in [4.78, 5) is 70.7. The molecule has 0 spiro atoms. The van der Waals surface area contributed by atoms with Gasteiger partial charge in [-0.3, -0.25) is 9.59 Å². The Labute approximate surface area is 319 Å².